The smallest absolute Gasteiger partial charge is 0.261 e. The molecule has 0 radical (unpaired) electrons. The molecule has 0 aliphatic carbocycles. The van der Waals surface area contributed by atoms with Gasteiger partial charge in [-0.2, -0.15) is 0 Å². The van der Waals surface area contributed by atoms with E-state index in [-0.39, 0.29) is 11.0 Å². The van der Waals surface area contributed by atoms with E-state index in [1.54, 1.807) is 24.3 Å². The summed E-state index contributed by atoms with van der Waals surface area (Å²) in [6.07, 6.45) is 3.55. The molecule has 7 nitrogen and oxygen atoms in total. The molecule has 0 amide bonds. The fourth-order valence-corrected chi connectivity index (χ4v) is 3.92. The van der Waals surface area contributed by atoms with Gasteiger partial charge in [-0.1, -0.05) is 0 Å². The van der Waals surface area contributed by atoms with Crippen molar-refractivity contribution in [1.82, 2.24) is 9.88 Å². The second kappa shape index (κ2) is 8.58. The van der Waals surface area contributed by atoms with Gasteiger partial charge in [0.25, 0.3) is 10.0 Å². The van der Waals surface area contributed by atoms with Crippen LogP contribution in [0.4, 0.5) is 5.69 Å². The average Bonchev–Trinajstić information content (AvgIpc) is 2.66. The number of piperidine rings is 1. The van der Waals surface area contributed by atoms with Crippen LogP contribution in [0.3, 0.4) is 0 Å². The van der Waals surface area contributed by atoms with Gasteiger partial charge in [0, 0.05) is 19.2 Å². The van der Waals surface area contributed by atoms with Crippen molar-refractivity contribution in [2.75, 3.05) is 31.5 Å². The number of nitrogens with one attached hydrogen (secondary N) is 1. The molecule has 8 heteroatoms. The molecule has 0 unspecified atom stereocenters. The van der Waals surface area contributed by atoms with Crippen molar-refractivity contribution in [3.63, 3.8) is 0 Å². The molecule has 1 fully saturated rings. The molecule has 1 aliphatic heterocycles. The standard InChI is InChI=1S/C19H25N3O4S/c1-3-25-16-5-7-18(8-6-16)27(23,24)21-15-4-9-19(20-14-15)26-17-10-12-22(2)13-11-17/h4-9,14,17,21H,3,10-13H2,1-2H3. The van der Waals surface area contributed by atoms with Crippen molar-refractivity contribution in [3.8, 4) is 11.6 Å². The zero-order valence-corrected chi connectivity index (χ0v) is 16.4. The fourth-order valence-electron chi connectivity index (χ4n) is 2.88. The molecule has 0 atom stereocenters. The normalized spacial score (nSPS) is 16.1. The summed E-state index contributed by atoms with van der Waals surface area (Å²) < 4.78 is 38.7. The molecule has 27 heavy (non-hydrogen) atoms. The molecular formula is C19H25N3O4S. The zero-order chi connectivity index (χ0) is 19.3. The van der Waals surface area contributed by atoms with Crippen LogP contribution in [0.25, 0.3) is 0 Å². The van der Waals surface area contributed by atoms with Gasteiger partial charge in [-0.05, 0) is 57.1 Å². The summed E-state index contributed by atoms with van der Waals surface area (Å²) in [5.74, 6) is 1.14. The van der Waals surface area contributed by atoms with Crippen molar-refractivity contribution >= 4 is 15.7 Å². The van der Waals surface area contributed by atoms with Crippen LogP contribution in [0.15, 0.2) is 47.5 Å². The van der Waals surface area contributed by atoms with Crippen LogP contribution in [0, 0.1) is 0 Å². The van der Waals surface area contributed by atoms with Crippen molar-refractivity contribution in [2.24, 2.45) is 0 Å². The number of anilines is 1. The Morgan fingerprint density at radius 2 is 1.85 bits per heavy atom. The van der Waals surface area contributed by atoms with Gasteiger partial charge in [0.2, 0.25) is 5.88 Å². The number of hydrogen-bond acceptors (Lipinski definition) is 6. The van der Waals surface area contributed by atoms with Gasteiger partial charge in [0.05, 0.1) is 23.4 Å². The van der Waals surface area contributed by atoms with Crippen LogP contribution in [-0.4, -0.2) is 51.1 Å². The summed E-state index contributed by atoms with van der Waals surface area (Å²) in [5, 5.41) is 0. The molecule has 146 valence electrons. The summed E-state index contributed by atoms with van der Waals surface area (Å²) in [7, 11) is -1.59. The predicted molar refractivity (Wildman–Crippen MR) is 104 cm³/mol. The maximum Gasteiger partial charge on any atom is 0.261 e. The molecule has 1 saturated heterocycles. The summed E-state index contributed by atoms with van der Waals surface area (Å²) in [5.41, 5.74) is 0.389. The van der Waals surface area contributed by atoms with Gasteiger partial charge in [-0.3, -0.25) is 4.72 Å². The van der Waals surface area contributed by atoms with Gasteiger partial charge in [-0.25, -0.2) is 13.4 Å². The van der Waals surface area contributed by atoms with E-state index in [1.165, 1.54) is 18.3 Å². The van der Waals surface area contributed by atoms with Crippen molar-refractivity contribution in [1.29, 1.82) is 0 Å². The van der Waals surface area contributed by atoms with E-state index in [0.29, 0.717) is 23.9 Å². The topological polar surface area (TPSA) is 80.8 Å². The Hall–Kier alpha value is -2.32. The predicted octanol–water partition coefficient (Wildman–Crippen LogP) is 2.75. The van der Waals surface area contributed by atoms with Gasteiger partial charge >= 0.3 is 0 Å². The van der Waals surface area contributed by atoms with E-state index in [0.717, 1.165) is 25.9 Å². The van der Waals surface area contributed by atoms with Crippen LogP contribution in [0.2, 0.25) is 0 Å². The van der Waals surface area contributed by atoms with E-state index in [4.69, 9.17) is 9.47 Å². The Bertz CT molecular complexity index is 830. The third-order valence-electron chi connectivity index (χ3n) is 4.39. The van der Waals surface area contributed by atoms with E-state index >= 15 is 0 Å². The van der Waals surface area contributed by atoms with Crippen LogP contribution in [0.5, 0.6) is 11.6 Å². The molecule has 2 heterocycles. The third-order valence-corrected chi connectivity index (χ3v) is 5.78. The van der Waals surface area contributed by atoms with Crippen molar-refractivity contribution in [3.05, 3.63) is 42.6 Å². The van der Waals surface area contributed by atoms with Crippen LogP contribution >= 0.6 is 0 Å². The highest BCUT2D eigenvalue weighted by molar-refractivity contribution is 7.92. The van der Waals surface area contributed by atoms with E-state index in [2.05, 4.69) is 21.7 Å². The van der Waals surface area contributed by atoms with Gasteiger partial charge in [0.1, 0.15) is 11.9 Å². The number of benzene rings is 1. The van der Waals surface area contributed by atoms with Crippen molar-refractivity contribution < 1.29 is 17.9 Å². The van der Waals surface area contributed by atoms with Gasteiger partial charge in [0.15, 0.2) is 0 Å². The molecule has 0 spiro atoms. The summed E-state index contributed by atoms with van der Waals surface area (Å²) >= 11 is 0. The van der Waals surface area contributed by atoms with Crippen LogP contribution < -0.4 is 14.2 Å². The Morgan fingerprint density at radius 3 is 2.44 bits per heavy atom. The molecule has 1 N–H and O–H groups in total. The highest BCUT2D eigenvalue weighted by Crippen LogP contribution is 2.21. The highest BCUT2D eigenvalue weighted by atomic mass is 32.2. The Balaban J connectivity index is 1.61. The Morgan fingerprint density at radius 1 is 1.15 bits per heavy atom. The second-order valence-corrected chi connectivity index (χ2v) is 8.20. The SMILES string of the molecule is CCOc1ccc(S(=O)(=O)Nc2ccc(OC3CCN(C)CC3)nc2)cc1. The van der Waals surface area contributed by atoms with Gasteiger partial charge in [-0.15, -0.1) is 0 Å². The minimum atomic E-state index is -3.68. The lowest BCUT2D eigenvalue weighted by Gasteiger charge is -2.28. The maximum absolute atomic E-state index is 12.5. The van der Waals surface area contributed by atoms with E-state index < -0.39 is 10.0 Å². The first-order valence-electron chi connectivity index (χ1n) is 9.03. The third kappa shape index (κ3) is 5.33. The average molecular weight is 391 g/mol. The molecular weight excluding hydrogens is 366 g/mol. The quantitative estimate of drug-likeness (QED) is 0.782. The van der Waals surface area contributed by atoms with E-state index in [1.807, 2.05) is 6.92 Å². The fraction of sp³-hybridized carbons (Fsp3) is 0.421. The second-order valence-electron chi connectivity index (χ2n) is 6.52. The van der Waals surface area contributed by atoms with Crippen LogP contribution in [-0.2, 0) is 10.0 Å². The lowest BCUT2D eigenvalue weighted by molar-refractivity contribution is 0.110. The minimum absolute atomic E-state index is 0.153. The molecule has 1 aromatic carbocycles. The number of aromatic nitrogens is 1. The largest absolute Gasteiger partial charge is 0.494 e. The van der Waals surface area contributed by atoms with Gasteiger partial charge < -0.3 is 14.4 Å². The van der Waals surface area contributed by atoms with Crippen molar-refractivity contribution in [2.45, 2.75) is 30.8 Å². The maximum atomic E-state index is 12.5. The molecule has 0 saturated carbocycles. The number of rotatable bonds is 7. The monoisotopic (exact) mass is 391 g/mol. The number of likely N-dealkylation sites (tertiary alicyclic amines) is 1. The number of hydrogen-bond donors (Lipinski definition) is 1. The first-order chi connectivity index (χ1) is 13.0. The number of sulfonamides is 1. The molecule has 1 aliphatic rings. The highest BCUT2D eigenvalue weighted by Gasteiger charge is 2.19. The number of nitrogens with zero attached hydrogens (tertiary/aromatic N) is 2. The first kappa shape index (κ1) is 19.4. The lowest BCUT2D eigenvalue weighted by Crippen LogP contribution is -2.35. The summed E-state index contributed by atoms with van der Waals surface area (Å²) in [4.78, 5) is 6.66. The Kier molecular flexibility index (Phi) is 6.18. The Labute approximate surface area is 160 Å². The molecule has 2 aromatic rings. The minimum Gasteiger partial charge on any atom is -0.494 e. The molecule has 0 bridgehead atoms. The molecule has 3 rings (SSSR count). The zero-order valence-electron chi connectivity index (χ0n) is 15.6. The summed E-state index contributed by atoms with van der Waals surface area (Å²) in [6, 6.07) is 9.64. The molecule has 1 aromatic heterocycles. The first-order valence-corrected chi connectivity index (χ1v) is 10.5. The number of ether oxygens (including phenoxy) is 2. The summed E-state index contributed by atoms with van der Waals surface area (Å²) in [6.45, 7) is 4.41. The van der Waals surface area contributed by atoms with Crippen LogP contribution in [0.1, 0.15) is 19.8 Å². The lowest BCUT2D eigenvalue weighted by atomic mass is 10.1. The van der Waals surface area contributed by atoms with E-state index in [9.17, 15) is 8.42 Å². The number of pyridine rings is 1.